The van der Waals surface area contributed by atoms with Crippen molar-refractivity contribution in [3.8, 4) is 0 Å². The molecule has 3 rings (SSSR count). The summed E-state index contributed by atoms with van der Waals surface area (Å²) >= 11 is 0. The molecule has 0 spiro atoms. The van der Waals surface area contributed by atoms with Crippen LogP contribution in [0.1, 0.15) is 67.8 Å². The highest BCUT2D eigenvalue weighted by molar-refractivity contribution is 5.94. The van der Waals surface area contributed by atoms with Crippen molar-refractivity contribution in [1.29, 1.82) is 0 Å². The molecule has 1 aromatic carbocycles. The molecule has 1 N–H and O–H groups in total. The molecule has 1 aliphatic heterocycles. The van der Waals surface area contributed by atoms with Crippen molar-refractivity contribution in [2.75, 3.05) is 19.6 Å². The topological polar surface area (TPSA) is 61.6 Å². The van der Waals surface area contributed by atoms with Crippen LogP contribution in [0.25, 0.3) is 0 Å². The van der Waals surface area contributed by atoms with Crippen LogP contribution in [0.4, 0.5) is 0 Å². The van der Waals surface area contributed by atoms with Gasteiger partial charge in [-0.25, -0.2) is 0 Å². The van der Waals surface area contributed by atoms with Crippen LogP contribution in [0.15, 0.2) is 30.3 Å². The van der Waals surface area contributed by atoms with Gasteiger partial charge < -0.3 is 10.0 Å². The predicted octanol–water partition coefficient (Wildman–Crippen LogP) is 3.63. The Balaban J connectivity index is 1.79. The monoisotopic (exact) mass is 426 g/mol. The zero-order valence-electron chi connectivity index (χ0n) is 19.9. The lowest BCUT2D eigenvalue weighted by Crippen LogP contribution is -2.61. The van der Waals surface area contributed by atoms with Crippen LogP contribution in [0.5, 0.6) is 0 Å². The maximum absolute atomic E-state index is 13.5. The minimum absolute atomic E-state index is 0.100. The number of amides is 1. The Kier molecular flexibility index (Phi) is 7.22. The van der Waals surface area contributed by atoms with Crippen LogP contribution in [0.3, 0.4) is 0 Å². The van der Waals surface area contributed by atoms with Gasteiger partial charge in [0.15, 0.2) is 0 Å². The lowest BCUT2D eigenvalue weighted by molar-refractivity contribution is -0.0237. The number of β-amino-alcohol motifs (C(OH)–C–C–N with tert-alkyl or cyclic N) is 1. The molecule has 0 radical (unpaired) electrons. The minimum Gasteiger partial charge on any atom is -0.389 e. The fourth-order valence-electron chi connectivity index (χ4n) is 4.66. The van der Waals surface area contributed by atoms with Crippen molar-refractivity contribution >= 4 is 5.91 Å². The summed E-state index contributed by atoms with van der Waals surface area (Å²) in [4.78, 5) is 17.9. The maximum Gasteiger partial charge on any atom is 0.254 e. The highest BCUT2D eigenvalue weighted by Crippen LogP contribution is 2.24. The molecule has 2 atom stereocenters. The van der Waals surface area contributed by atoms with E-state index in [1.807, 2.05) is 43.7 Å². The van der Waals surface area contributed by atoms with E-state index in [2.05, 4.69) is 47.8 Å². The van der Waals surface area contributed by atoms with Gasteiger partial charge in [-0.2, -0.15) is 5.10 Å². The van der Waals surface area contributed by atoms with E-state index in [9.17, 15) is 9.90 Å². The summed E-state index contributed by atoms with van der Waals surface area (Å²) in [5.74, 6) is 0.100. The fourth-order valence-corrected chi connectivity index (χ4v) is 4.66. The van der Waals surface area contributed by atoms with E-state index in [0.717, 1.165) is 41.9 Å². The molecule has 1 fully saturated rings. The van der Waals surface area contributed by atoms with E-state index < -0.39 is 5.60 Å². The molecular formula is C25H38N4O2. The van der Waals surface area contributed by atoms with E-state index in [4.69, 9.17) is 0 Å². The molecule has 6 heteroatoms. The number of nitrogens with zero attached hydrogens (tertiary/aromatic N) is 4. The van der Waals surface area contributed by atoms with Crippen LogP contribution in [-0.4, -0.2) is 67.9 Å². The normalized spacial score (nSPS) is 20.3. The van der Waals surface area contributed by atoms with Gasteiger partial charge in [-0.3, -0.25) is 14.4 Å². The van der Waals surface area contributed by atoms with Crippen molar-refractivity contribution in [2.45, 2.75) is 78.6 Å². The maximum atomic E-state index is 13.5. The molecule has 0 bridgehead atoms. The van der Waals surface area contributed by atoms with Gasteiger partial charge in [0, 0.05) is 43.0 Å². The predicted molar refractivity (Wildman–Crippen MR) is 124 cm³/mol. The zero-order chi connectivity index (χ0) is 22.8. The number of carbonyl (C=O) groups is 1. The third kappa shape index (κ3) is 5.74. The van der Waals surface area contributed by atoms with Crippen molar-refractivity contribution in [2.24, 2.45) is 0 Å². The van der Waals surface area contributed by atoms with Gasteiger partial charge in [0.2, 0.25) is 0 Å². The van der Waals surface area contributed by atoms with E-state index in [1.165, 1.54) is 0 Å². The van der Waals surface area contributed by atoms with Gasteiger partial charge in [-0.15, -0.1) is 0 Å². The van der Waals surface area contributed by atoms with Gasteiger partial charge in [0.1, 0.15) is 0 Å². The first-order valence-electron chi connectivity index (χ1n) is 11.5. The molecule has 2 heterocycles. The average molecular weight is 427 g/mol. The Hall–Kier alpha value is -2.18. The first-order valence-corrected chi connectivity index (χ1v) is 11.5. The third-order valence-corrected chi connectivity index (χ3v) is 6.21. The van der Waals surface area contributed by atoms with Gasteiger partial charge >= 0.3 is 0 Å². The molecule has 170 valence electrons. The minimum atomic E-state index is -0.741. The molecule has 6 nitrogen and oxygen atoms in total. The van der Waals surface area contributed by atoms with Crippen LogP contribution in [0.2, 0.25) is 0 Å². The molecule has 31 heavy (non-hydrogen) atoms. The largest absolute Gasteiger partial charge is 0.389 e. The summed E-state index contributed by atoms with van der Waals surface area (Å²) in [6.07, 6.45) is 1.85. The molecule has 1 aromatic heterocycles. The second-order valence-electron chi connectivity index (χ2n) is 9.61. The smallest absolute Gasteiger partial charge is 0.254 e. The second-order valence-corrected chi connectivity index (χ2v) is 9.61. The Bertz CT molecular complexity index is 899. The number of rotatable bonds is 7. The quantitative estimate of drug-likeness (QED) is 0.734. The second kappa shape index (κ2) is 9.53. The average Bonchev–Trinajstić information content (AvgIpc) is 3.02. The lowest BCUT2D eigenvalue weighted by Gasteiger charge is -2.47. The Morgan fingerprint density at radius 1 is 1.13 bits per heavy atom. The van der Waals surface area contributed by atoms with Gasteiger partial charge in [-0.1, -0.05) is 26.0 Å². The summed E-state index contributed by atoms with van der Waals surface area (Å²) in [7, 11) is 0. The molecule has 1 aliphatic rings. The van der Waals surface area contributed by atoms with E-state index in [-0.39, 0.29) is 18.0 Å². The Labute approximate surface area is 186 Å². The summed E-state index contributed by atoms with van der Waals surface area (Å²) in [5.41, 5.74) is 3.20. The number of aryl methyl sites for hydroxylation is 2. The summed E-state index contributed by atoms with van der Waals surface area (Å²) in [6, 6.07) is 10.4. The number of aliphatic hydroxyl groups is 1. The number of hydrogen-bond acceptors (Lipinski definition) is 4. The van der Waals surface area contributed by atoms with Crippen molar-refractivity contribution in [1.82, 2.24) is 19.6 Å². The van der Waals surface area contributed by atoms with Crippen molar-refractivity contribution in [3.05, 3.63) is 52.8 Å². The fraction of sp³-hybridized carbons (Fsp3) is 0.600. The number of aromatic nitrogens is 2. The summed E-state index contributed by atoms with van der Waals surface area (Å²) in [6.45, 7) is 14.8. The molecule has 0 aliphatic carbocycles. The summed E-state index contributed by atoms with van der Waals surface area (Å²) in [5, 5.41) is 14.9. The summed E-state index contributed by atoms with van der Waals surface area (Å²) < 4.78 is 1.98. The standard InChI is InChI=1S/C25H38N4O2/c1-7-22-16-28(23(8-2)15-27(22)17-25(5,6)31)24(30)21-11-9-10-20(13-21)14-29-19(4)12-18(3)26-29/h9-13,22-23,31H,7-8,14-17H2,1-6H3/t22-,23-/m1/s1. The SMILES string of the molecule is CC[C@@H]1CN(C(=O)c2cccc(Cn3nc(C)cc3C)c2)[C@H](CC)CN1CC(C)(C)O. The first kappa shape index (κ1) is 23.5. The molecule has 1 saturated heterocycles. The molecular weight excluding hydrogens is 388 g/mol. The number of carbonyl (C=O) groups excluding carboxylic acids is 1. The van der Waals surface area contributed by atoms with E-state index >= 15 is 0 Å². The number of benzene rings is 1. The third-order valence-electron chi connectivity index (χ3n) is 6.21. The van der Waals surface area contributed by atoms with Crippen molar-refractivity contribution in [3.63, 3.8) is 0 Å². The van der Waals surface area contributed by atoms with E-state index in [1.54, 1.807) is 0 Å². The van der Waals surface area contributed by atoms with Crippen LogP contribution in [-0.2, 0) is 6.54 Å². The van der Waals surface area contributed by atoms with E-state index in [0.29, 0.717) is 19.6 Å². The van der Waals surface area contributed by atoms with Gasteiger partial charge in [0.25, 0.3) is 5.91 Å². The van der Waals surface area contributed by atoms with Crippen LogP contribution < -0.4 is 0 Å². The lowest BCUT2D eigenvalue weighted by atomic mass is 9.98. The van der Waals surface area contributed by atoms with Crippen molar-refractivity contribution < 1.29 is 9.90 Å². The Morgan fingerprint density at radius 2 is 1.84 bits per heavy atom. The highest BCUT2D eigenvalue weighted by atomic mass is 16.3. The highest BCUT2D eigenvalue weighted by Gasteiger charge is 2.36. The van der Waals surface area contributed by atoms with Crippen LogP contribution >= 0.6 is 0 Å². The van der Waals surface area contributed by atoms with Crippen LogP contribution in [0, 0.1) is 13.8 Å². The number of piperazine rings is 1. The zero-order valence-corrected chi connectivity index (χ0v) is 19.9. The Morgan fingerprint density at radius 3 is 2.42 bits per heavy atom. The molecule has 1 amide bonds. The number of hydrogen-bond donors (Lipinski definition) is 1. The van der Waals surface area contributed by atoms with Gasteiger partial charge in [0.05, 0.1) is 17.8 Å². The molecule has 0 saturated carbocycles. The molecule has 2 aromatic rings. The first-order chi connectivity index (χ1) is 14.6. The molecule has 0 unspecified atom stereocenters. The van der Waals surface area contributed by atoms with Gasteiger partial charge in [-0.05, 0) is 64.3 Å².